The maximum absolute atomic E-state index is 12.7. The number of ether oxygens (including phenoxy) is 2. The van der Waals surface area contributed by atoms with Crippen molar-refractivity contribution in [2.45, 2.75) is 25.2 Å². The molecule has 0 saturated carbocycles. The smallest absolute Gasteiger partial charge is 0.343 e. The van der Waals surface area contributed by atoms with Crippen LogP contribution in [-0.4, -0.2) is 11.6 Å². The van der Waals surface area contributed by atoms with Gasteiger partial charge in [0.1, 0.15) is 6.61 Å². The standard InChI is InChI=1S/C21H20O3/c22-20(23-16-18-10-4-1-5-11-18)21(14-8-3-9-15-21)24-17-19-12-6-2-7-13-19/h1-14H,15-17H2. The van der Waals surface area contributed by atoms with Crippen LogP contribution in [0.15, 0.2) is 85.0 Å². The van der Waals surface area contributed by atoms with Gasteiger partial charge in [0.05, 0.1) is 6.61 Å². The summed E-state index contributed by atoms with van der Waals surface area (Å²) in [6.07, 6.45) is 7.93. The van der Waals surface area contributed by atoms with Crippen molar-refractivity contribution in [2.75, 3.05) is 0 Å². The van der Waals surface area contributed by atoms with Crippen LogP contribution >= 0.6 is 0 Å². The summed E-state index contributed by atoms with van der Waals surface area (Å²) in [4.78, 5) is 12.7. The van der Waals surface area contributed by atoms with Crippen molar-refractivity contribution in [3.05, 3.63) is 96.1 Å². The van der Waals surface area contributed by atoms with Gasteiger partial charge in [-0.3, -0.25) is 0 Å². The minimum Gasteiger partial charge on any atom is -0.458 e. The lowest BCUT2D eigenvalue weighted by Crippen LogP contribution is -2.41. The average molecular weight is 320 g/mol. The molecule has 1 aliphatic rings. The van der Waals surface area contributed by atoms with E-state index in [1.54, 1.807) is 6.08 Å². The predicted octanol–water partition coefficient (Wildman–Crippen LogP) is 4.20. The molecule has 3 rings (SSSR count). The van der Waals surface area contributed by atoms with Gasteiger partial charge in [0.25, 0.3) is 0 Å². The topological polar surface area (TPSA) is 35.5 Å². The molecule has 0 radical (unpaired) electrons. The van der Waals surface area contributed by atoms with E-state index in [0.29, 0.717) is 13.0 Å². The molecule has 0 heterocycles. The third kappa shape index (κ3) is 4.00. The second-order valence-corrected chi connectivity index (χ2v) is 5.72. The van der Waals surface area contributed by atoms with Gasteiger partial charge in [-0.15, -0.1) is 0 Å². The van der Waals surface area contributed by atoms with Crippen LogP contribution < -0.4 is 0 Å². The number of rotatable bonds is 6. The maximum Gasteiger partial charge on any atom is 0.343 e. The summed E-state index contributed by atoms with van der Waals surface area (Å²) in [6.45, 7) is 0.604. The molecule has 1 aliphatic carbocycles. The van der Waals surface area contributed by atoms with E-state index in [1.807, 2.05) is 78.9 Å². The molecule has 3 heteroatoms. The van der Waals surface area contributed by atoms with E-state index in [1.165, 1.54) is 0 Å². The molecule has 122 valence electrons. The highest BCUT2D eigenvalue weighted by Gasteiger charge is 2.38. The summed E-state index contributed by atoms with van der Waals surface area (Å²) in [5.74, 6) is -0.358. The van der Waals surface area contributed by atoms with Crippen molar-refractivity contribution in [2.24, 2.45) is 0 Å². The van der Waals surface area contributed by atoms with Crippen LogP contribution in [0.4, 0.5) is 0 Å². The van der Waals surface area contributed by atoms with Gasteiger partial charge in [-0.25, -0.2) is 4.79 Å². The average Bonchev–Trinajstić information content (AvgIpc) is 2.67. The molecule has 3 nitrogen and oxygen atoms in total. The minimum absolute atomic E-state index is 0.244. The molecule has 0 fully saturated rings. The SMILES string of the molecule is O=C(OCc1ccccc1)C1(OCc2ccccc2)C=CC=CC1. The van der Waals surface area contributed by atoms with E-state index in [-0.39, 0.29) is 12.6 Å². The fourth-order valence-corrected chi connectivity index (χ4v) is 2.55. The van der Waals surface area contributed by atoms with Crippen molar-refractivity contribution in [3.63, 3.8) is 0 Å². The Morgan fingerprint density at radius 2 is 1.50 bits per heavy atom. The summed E-state index contributed by atoms with van der Waals surface area (Å²) in [5, 5.41) is 0. The van der Waals surface area contributed by atoms with Crippen molar-refractivity contribution in [3.8, 4) is 0 Å². The van der Waals surface area contributed by atoms with Crippen LogP contribution in [0, 0.1) is 0 Å². The van der Waals surface area contributed by atoms with Crippen molar-refractivity contribution in [1.82, 2.24) is 0 Å². The lowest BCUT2D eigenvalue weighted by molar-refractivity contribution is -0.169. The van der Waals surface area contributed by atoms with Gasteiger partial charge in [-0.05, 0) is 17.2 Å². The van der Waals surface area contributed by atoms with Gasteiger partial charge in [0, 0.05) is 6.42 Å². The summed E-state index contributed by atoms with van der Waals surface area (Å²) in [5.41, 5.74) is 0.925. The van der Waals surface area contributed by atoms with Crippen LogP contribution in [0.5, 0.6) is 0 Å². The second kappa shape index (κ2) is 7.75. The molecule has 2 aromatic rings. The second-order valence-electron chi connectivity index (χ2n) is 5.72. The van der Waals surface area contributed by atoms with Crippen molar-refractivity contribution >= 4 is 5.97 Å². The highest BCUT2D eigenvalue weighted by Crippen LogP contribution is 2.26. The zero-order valence-electron chi connectivity index (χ0n) is 13.4. The van der Waals surface area contributed by atoms with Crippen LogP contribution in [0.25, 0.3) is 0 Å². The molecular formula is C21H20O3. The van der Waals surface area contributed by atoms with Crippen LogP contribution in [0.3, 0.4) is 0 Å². The fraction of sp³-hybridized carbons (Fsp3) is 0.190. The van der Waals surface area contributed by atoms with Gasteiger partial charge in [-0.2, -0.15) is 0 Å². The van der Waals surface area contributed by atoms with Crippen LogP contribution in [-0.2, 0) is 27.5 Å². The molecule has 2 aromatic carbocycles. The number of esters is 1. The summed E-state index contributed by atoms with van der Waals surface area (Å²) in [7, 11) is 0. The third-order valence-electron chi connectivity index (χ3n) is 3.93. The minimum atomic E-state index is -1.06. The first-order valence-electron chi connectivity index (χ1n) is 8.02. The first-order chi connectivity index (χ1) is 11.8. The summed E-state index contributed by atoms with van der Waals surface area (Å²) in [6, 6.07) is 19.5. The molecule has 24 heavy (non-hydrogen) atoms. The molecule has 0 amide bonds. The first-order valence-corrected chi connectivity index (χ1v) is 8.02. The van der Waals surface area contributed by atoms with E-state index in [4.69, 9.17) is 9.47 Å². The molecule has 0 bridgehead atoms. The lowest BCUT2D eigenvalue weighted by atomic mass is 9.95. The highest BCUT2D eigenvalue weighted by molar-refractivity contribution is 5.83. The highest BCUT2D eigenvalue weighted by atomic mass is 16.6. The molecule has 0 N–H and O–H groups in total. The maximum atomic E-state index is 12.7. The van der Waals surface area contributed by atoms with E-state index in [0.717, 1.165) is 11.1 Å². The largest absolute Gasteiger partial charge is 0.458 e. The van der Waals surface area contributed by atoms with Crippen LogP contribution in [0.2, 0.25) is 0 Å². The Morgan fingerprint density at radius 1 is 0.875 bits per heavy atom. The molecule has 1 unspecified atom stereocenters. The van der Waals surface area contributed by atoms with Gasteiger partial charge < -0.3 is 9.47 Å². The molecule has 0 spiro atoms. The van der Waals surface area contributed by atoms with E-state index >= 15 is 0 Å². The van der Waals surface area contributed by atoms with Crippen molar-refractivity contribution < 1.29 is 14.3 Å². The normalized spacial score (nSPS) is 19.2. The Balaban J connectivity index is 1.67. The number of carbonyl (C=O) groups excluding carboxylic acids is 1. The monoisotopic (exact) mass is 320 g/mol. The first kappa shape index (κ1) is 16.2. The predicted molar refractivity (Wildman–Crippen MR) is 93.1 cm³/mol. The molecule has 0 saturated heterocycles. The fourth-order valence-electron chi connectivity index (χ4n) is 2.55. The van der Waals surface area contributed by atoms with Crippen molar-refractivity contribution in [1.29, 1.82) is 0 Å². The Bertz CT molecular complexity index is 719. The Hall–Kier alpha value is -2.65. The number of allylic oxidation sites excluding steroid dienone is 2. The Kier molecular flexibility index (Phi) is 5.24. The number of hydrogen-bond acceptors (Lipinski definition) is 3. The van der Waals surface area contributed by atoms with Gasteiger partial charge in [0.2, 0.25) is 0 Å². The quantitative estimate of drug-likeness (QED) is 0.748. The summed E-state index contributed by atoms with van der Waals surface area (Å²) < 4.78 is 11.5. The molecular weight excluding hydrogens is 300 g/mol. The molecule has 0 aromatic heterocycles. The third-order valence-corrected chi connectivity index (χ3v) is 3.93. The number of carbonyl (C=O) groups is 1. The van der Waals surface area contributed by atoms with E-state index in [2.05, 4.69) is 0 Å². The number of hydrogen-bond donors (Lipinski definition) is 0. The lowest BCUT2D eigenvalue weighted by Gasteiger charge is -2.29. The number of benzene rings is 2. The zero-order valence-corrected chi connectivity index (χ0v) is 13.4. The van der Waals surface area contributed by atoms with Gasteiger partial charge in [0.15, 0.2) is 5.60 Å². The molecule has 0 aliphatic heterocycles. The van der Waals surface area contributed by atoms with Gasteiger partial charge in [-0.1, -0.05) is 78.9 Å². The van der Waals surface area contributed by atoms with Gasteiger partial charge >= 0.3 is 5.97 Å². The van der Waals surface area contributed by atoms with E-state index in [9.17, 15) is 4.79 Å². The Morgan fingerprint density at radius 3 is 2.08 bits per heavy atom. The van der Waals surface area contributed by atoms with Crippen LogP contribution in [0.1, 0.15) is 17.5 Å². The molecule has 1 atom stereocenters. The summed E-state index contributed by atoms with van der Waals surface area (Å²) >= 11 is 0. The van der Waals surface area contributed by atoms with E-state index < -0.39 is 5.60 Å². The Labute approximate surface area is 142 Å². The zero-order chi connectivity index (χ0) is 16.7.